The van der Waals surface area contributed by atoms with E-state index in [1.807, 2.05) is 29.2 Å². The molecule has 4 heteroatoms. The first-order valence-electron chi connectivity index (χ1n) is 6.18. The van der Waals surface area contributed by atoms with E-state index in [0.29, 0.717) is 5.56 Å². The van der Waals surface area contributed by atoms with Gasteiger partial charge in [0, 0.05) is 32.2 Å². The van der Waals surface area contributed by atoms with Crippen molar-refractivity contribution >= 4 is 11.6 Å². The van der Waals surface area contributed by atoms with Gasteiger partial charge in [0.1, 0.15) is 0 Å². The average molecular weight is 241 g/mol. The smallest absolute Gasteiger partial charge is 0.220 e. The molecular formula is C14H15N3O. The molecule has 2 saturated heterocycles. The highest BCUT2D eigenvalue weighted by molar-refractivity contribution is 5.76. The number of amides is 1. The Balaban J connectivity index is 1.68. The third-order valence-electron chi connectivity index (χ3n) is 4.09. The molecule has 2 aliphatic rings. The highest BCUT2D eigenvalue weighted by atomic mass is 16.2. The zero-order valence-corrected chi connectivity index (χ0v) is 10.4. The van der Waals surface area contributed by atoms with Gasteiger partial charge >= 0.3 is 0 Å². The second kappa shape index (κ2) is 3.74. The minimum Gasteiger partial charge on any atom is -0.367 e. The van der Waals surface area contributed by atoms with E-state index >= 15 is 0 Å². The molecule has 0 aliphatic carbocycles. The van der Waals surface area contributed by atoms with Crippen LogP contribution in [-0.4, -0.2) is 36.0 Å². The summed E-state index contributed by atoms with van der Waals surface area (Å²) in [7, 11) is 0. The Bertz CT molecular complexity index is 523. The van der Waals surface area contributed by atoms with Gasteiger partial charge in [-0.3, -0.25) is 4.79 Å². The summed E-state index contributed by atoms with van der Waals surface area (Å²) < 4.78 is 0. The molecule has 0 radical (unpaired) electrons. The molecule has 0 atom stereocenters. The number of hydrogen-bond acceptors (Lipinski definition) is 3. The molecule has 2 heterocycles. The van der Waals surface area contributed by atoms with E-state index in [4.69, 9.17) is 5.26 Å². The van der Waals surface area contributed by atoms with E-state index in [2.05, 4.69) is 11.0 Å². The summed E-state index contributed by atoms with van der Waals surface area (Å²) in [6, 6.07) is 9.74. The van der Waals surface area contributed by atoms with Crippen LogP contribution in [0.2, 0.25) is 0 Å². The van der Waals surface area contributed by atoms with Gasteiger partial charge < -0.3 is 9.80 Å². The molecule has 1 spiro atoms. The average Bonchev–Trinajstić information content (AvgIpc) is 2.26. The summed E-state index contributed by atoms with van der Waals surface area (Å²) in [6.45, 7) is 4.37. The molecule has 1 amide bonds. The number of benzene rings is 1. The van der Waals surface area contributed by atoms with Gasteiger partial charge in [-0.05, 0) is 30.7 Å². The molecule has 0 unspecified atom stereocenters. The Labute approximate surface area is 106 Å². The molecule has 0 N–H and O–H groups in total. The zero-order valence-electron chi connectivity index (χ0n) is 10.4. The van der Waals surface area contributed by atoms with E-state index in [0.717, 1.165) is 31.7 Å². The Kier molecular flexibility index (Phi) is 2.30. The van der Waals surface area contributed by atoms with Crippen LogP contribution in [0.5, 0.6) is 0 Å². The first-order valence-corrected chi connectivity index (χ1v) is 6.18. The molecule has 92 valence electrons. The highest BCUT2D eigenvalue weighted by Gasteiger charge is 2.54. The molecule has 2 fully saturated rings. The summed E-state index contributed by atoms with van der Waals surface area (Å²) >= 11 is 0. The Morgan fingerprint density at radius 2 is 2.00 bits per heavy atom. The van der Waals surface area contributed by atoms with Gasteiger partial charge in [0.15, 0.2) is 0 Å². The van der Waals surface area contributed by atoms with E-state index in [-0.39, 0.29) is 11.4 Å². The summed E-state index contributed by atoms with van der Waals surface area (Å²) in [5.41, 5.74) is 1.91. The van der Waals surface area contributed by atoms with Gasteiger partial charge in [0.2, 0.25) is 5.91 Å². The van der Waals surface area contributed by atoms with Crippen molar-refractivity contribution < 1.29 is 4.79 Å². The molecule has 3 rings (SSSR count). The molecule has 0 aromatic heterocycles. The van der Waals surface area contributed by atoms with Gasteiger partial charge in [0.05, 0.1) is 17.2 Å². The number of nitriles is 1. The fourth-order valence-electron chi connectivity index (χ4n) is 2.95. The predicted octanol–water partition coefficient (Wildman–Crippen LogP) is 1.37. The maximum absolute atomic E-state index is 11.4. The minimum absolute atomic E-state index is 0.0970. The number of anilines is 1. The van der Waals surface area contributed by atoms with Gasteiger partial charge in [-0.25, -0.2) is 0 Å². The minimum atomic E-state index is 0.0970. The van der Waals surface area contributed by atoms with E-state index in [9.17, 15) is 4.79 Å². The highest BCUT2D eigenvalue weighted by Crippen LogP contribution is 2.41. The van der Waals surface area contributed by atoms with Crippen LogP contribution < -0.4 is 4.90 Å². The van der Waals surface area contributed by atoms with Crippen molar-refractivity contribution in [1.82, 2.24) is 4.90 Å². The standard InChI is InChI=1S/C14H15N3O/c1-11(18)17-7-6-14(17)9-16(10-14)13-4-2-12(8-15)3-5-13/h2-5H,6-7,9-10H2,1H3. The lowest BCUT2D eigenvalue weighted by molar-refractivity contribution is -0.147. The number of hydrogen-bond donors (Lipinski definition) is 0. The SMILES string of the molecule is CC(=O)N1CCC12CN(c1ccc(C#N)cc1)C2. The van der Waals surface area contributed by atoms with Crippen molar-refractivity contribution in [3.05, 3.63) is 29.8 Å². The van der Waals surface area contributed by atoms with Crippen LogP contribution in [0.25, 0.3) is 0 Å². The topological polar surface area (TPSA) is 47.3 Å². The fourth-order valence-corrected chi connectivity index (χ4v) is 2.95. The zero-order chi connectivity index (χ0) is 12.8. The molecule has 1 aromatic carbocycles. The summed E-state index contributed by atoms with van der Waals surface area (Å²) in [4.78, 5) is 15.7. The van der Waals surface area contributed by atoms with Crippen LogP contribution >= 0.6 is 0 Å². The Hall–Kier alpha value is -2.02. The lowest BCUT2D eigenvalue weighted by Crippen LogP contribution is -2.77. The number of carbonyl (C=O) groups is 1. The monoisotopic (exact) mass is 241 g/mol. The number of likely N-dealkylation sites (tertiary alicyclic amines) is 1. The maximum Gasteiger partial charge on any atom is 0.220 e. The fraction of sp³-hybridized carbons (Fsp3) is 0.429. The molecular weight excluding hydrogens is 226 g/mol. The first kappa shape index (κ1) is 11.1. The van der Waals surface area contributed by atoms with Crippen molar-refractivity contribution in [2.45, 2.75) is 18.9 Å². The van der Waals surface area contributed by atoms with Crippen LogP contribution in [0.1, 0.15) is 18.9 Å². The van der Waals surface area contributed by atoms with Crippen LogP contribution in [0.3, 0.4) is 0 Å². The van der Waals surface area contributed by atoms with Crippen molar-refractivity contribution in [1.29, 1.82) is 5.26 Å². The van der Waals surface area contributed by atoms with Crippen LogP contribution in [-0.2, 0) is 4.79 Å². The molecule has 1 aromatic rings. The second-order valence-corrected chi connectivity index (χ2v) is 5.16. The number of nitrogens with zero attached hydrogens (tertiary/aromatic N) is 3. The second-order valence-electron chi connectivity index (χ2n) is 5.16. The van der Waals surface area contributed by atoms with E-state index in [1.54, 1.807) is 6.92 Å². The molecule has 0 saturated carbocycles. The van der Waals surface area contributed by atoms with Crippen LogP contribution in [0.4, 0.5) is 5.69 Å². The van der Waals surface area contributed by atoms with Crippen molar-refractivity contribution in [2.75, 3.05) is 24.5 Å². The molecule has 0 bridgehead atoms. The van der Waals surface area contributed by atoms with E-state index < -0.39 is 0 Å². The molecule has 4 nitrogen and oxygen atoms in total. The van der Waals surface area contributed by atoms with E-state index in [1.165, 1.54) is 0 Å². The van der Waals surface area contributed by atoms with Gasteiger partial charge in [-0.15, -0.1) is 0 Å². The van der Waals surface area contributed by atoms with Gasteiger partial charge in [-0.2, -0.15) is 5.26 Å². The summed E-state index contributed by atoms with van der Waals surface area (Å²) in [5.74, 6) is 0.181. The van der Waals surface area contributed by atoms with Crippen molar-refractivity contribution in [3.63, 3.8) is 0 Å². The summed E-state index contributed by atoms with van der Waals surface area (Å²) in [5, 5.41) is 8.76. The lowest BCUT2D eigenvalue weighted by Gasteiger charge is -2.63. The quantitative estimate of drug-likeness (QED) is 0.746. The number of carbonyl (C=O) groups excluding carboxylic acids is 1. The largest absolute Gasteiger partial charge is 0.367 e. The normalized spacial score (nSPS) is 20.0. The van der Waals surface area contributed by atoms with Crippen molar-refractivity contribution in [3.8, 4) is 6.07 Å². The Morgan fingerprint density at radius 1 is 1.33 bits per heavy atom. The molecule has 2 aliphatic heterocycles. The van der Waals surface area contributed by atoms with Crippen molar-refractivity contribution in [2.24, 2.45) is 0 Å². The van der Waals surface area contributed by atoms with Crippen LogP contribution in [0.15, 0.2) is 24.3 Å². The predicted molar refractivity (Wildman–Crippen MR) is 68.1 cm³/mol. The van der Waals surface area contributed by atoms with Crippen LogP contribution in [0, 0.1) is 11.3 Å². The van der Waals surface area contributed by atoms with Gasteiger partial charge in [0.25, 0.3) is 0 Å². The summed E-state index contributed by atoms with van der Waals surface area (Å²) in [6.07, 6.45) is 1.11. The maximum atomic E-state index is 11.4. The lowest BCUT2D eigenvalue weighted by atomic mass is 9.77. The third-order valence-corrected chi connectivity index (χ3v) is 4.09. The third kappa shape index (κ3) is 1.47. The Morgan fingerprint density at radius 3 is 2.44 bits per heavy atom. The number of rotatable bonds is 1. The first-order chi connectivity index (χ1) is 8.64. The van der Waals surface area contributed by atoms with Gasteiger partial charge in [-0.1, -0.05) is 0 Å². The molecule has 18 heavy (non-hydrogen) atoms.